The molecule has 1 atom stereocenters. The zero-order valence-corrected chi connectivity index (χ0v) is 13.5. The molecule has 7 heteroatoms. The second kappa shape index (κ2) is 7.11. The zero-order valence-electron chi connectivity index (χ0n) is 11.9. The van der Waals surface area contributed by atoms with Gasteiger partial charge in [0.15, 0.2) is 6.04 Å². The van der Waals surface area contributed by atoms with Crippen LogP contribution in [0.4, 0.5) is 0 Å². The number of aliphatic carboxylic acids is 1. The second-order valence-corrected chi connectivity index (χ2v) is 6.32. The Bertz CT molecular complexity index is 520. The predicted molar refractivity (Wildman–Crippen MR) is 81.1 cm³/mol. The molecule has 1 rings (SSSR count). The maximum Gasteiger partial charge on any atom is 0.328 e. The van der Waals surface area contributed by atoms with Crippen molar-refractivity contribution in [3.8, 4) is 0 Å². The van der Waals surface area contributed by atoms with Gasteiger partial charge in [0.1, 0.15) is 0 Å². The van der Waals surface area contributed by atoms with E-state index in [1.165, 1.54) is 18.2 Å². The fourth-order valence-corrected chi connectivity index (χ4v) is 1.96. The normalized spacial score (nSPS) is 12.8. The molecule has 0 spiro atoms. The smallest absolute Gasteiger partial charge is 0.328 e. The number of nitrogens with one attached hydrogen (secondary N) is 1. The van der Waals surface area contributed by atoms with Crippen molar-refractivity contribution >= 4 is 35.1 Å². The molecule has 21 heavy (non-hydrogen) atoms. The van der Waals surface area contributed by atoms with E-state index < -0.39 is 23.5 Å². The van der Waals surface area contributed by atoms with Crippen LogP contribution < -0.4 is 5.32 Å². The van der Waals surface area contributed by atoms with Gasteiger partial charge in [0.25, 0.3) is 5.91 Å². The summed E-state index contributed by atoms with van der Waals surface area (Å²) >= 11 is 11.6. The third kappa shape index (κ3) is 6.33. The minimum Gasteiger partial charge on any atom is -0.480 e. The number of rotatable bonds is 5. The van der Waals surface area contributed by atoms with Crippen LogP contribution in [0, 0.1) is 0 Å². The van der Waals surface area contributed by atoms with Crippen LogP contribution in [0.25, 0.3) is 0 Å². The number of benzene rings is 1. The molecule has 0 fully saturated rings. The summed E-state index contributed by atoms with van der Waals surface area (Å²) in [4.78, 5) is 23.2. The largest absolute Gasteiger partial charge is 0.480 e. The molecule has 0 aliphatic rings. The zero-order chi connectivity index (χ0) is 16.2. The van der Waals surface area contributed by atoms with E-state index in [0.29, 0.717) is 10.0 Å². The van der Waals surface area contributed by atoms with E-state index in [9.17, 15) is 9.59 Å². The number of halogens is 2. The Balaban J connectivity index is 2.79. The lowest BCUT2D eigenvalue weighted by atomic mass is 10.1. The fraction of sp³-hybridized carbons (Fsp3) is 0.429. The maximum absolute atomic E-state index is 12.0. The van der Waals surface area contributed by atoms with Crippen LogP contribution in [0.15, 0.2) is 18.2 Å². The highest BCUT2D eigenvalue weighted by Crippen LogP contribution is 2.19. The highest BCUT2D eigenvalue weighted by atomic mass is 35.5. The van der Waals surface area contributed by atoms with Gasteiger partial charge in [-0.25, -0.2) is 4.79 Å². The third-order valence-electron chi connectivity index (χ3n) is 2.41. The standard InChI is InChI=1S/C14H17Cl2NO4/c1-14(2,3)21-7-11(13(19)20)17-12(18)8-4-9(15)6-10(16)5-8/h4-6,11H,7H2,1-3H3,(H,17,18)(H,19,20). The lowest BCUT2D eigenvalue weighted by Crippen LogP contribution is -2.45. The Morgan fingerprint density at radius 3 is 2.19 bits per heavy atom. The van der Waals surface area contributed by atoms with Crippen LogP contribution in [-0.4, -0.2) is 35.2 Å². The number of amides is 1. The number of carbonyl (C=O) groups is 2. The van der Waals surface area contributed by atoms with Gasteiger partial charge in [0.05, 0.1) is 12.2 Å². The molecule has 116 valence electrons. The molecule has 1 aromatic rings. The number of ether oxygens (including phenoxy) is 1. The molecule has 0 aliphatic carbocycles. The summed E-state index contributed by atoms with van der Waals surface area (Å²) in [7, 11) is 0. The highest BCUT2D eigenvalue weighted by molar-refractivity contribution is 6.35. The molecule has 1 amide bonds. The minimum absolute atomic E-state index is 0.140. The molecule has 1 aromatic carbocycles. The van der Waals surface area contributed by atoms with Gasteiger partial charge in [-0.05, 0) is 39.0 Å². The Hall–Kier alpha value is -1.30. The van der Waals surface area contributed by atoms with Crippen molar-refractivity contribution in [2.45, 2.75) is 32.4 Å². The van der Waals surface area contributed by atoms with Crippen LogP contribution in [0.3, 0.4) is 0 Å². The second-order valence-electron chi connectivity index (χ2n) is 5.45. The summed E-state index contributed by atoms with van der Waals surface area (Å²) in [6.07, 6.45) is 0. The van der Waals surface area contributed by atoms with Gasteiger partial charge < -0.3 is 15.2 Å². The minimum atomic E-state index is -1.18. The number of carboxylic acid groups (broad SMARTS) is 1. The van der Waals surface area contributed by atoms with E-state index in [1.807, 2.05) is 0 Å². The quantitative estimate of drug-likeness (QED) is 0.868. The summed E-state index contributed by atoms with van der Waals surface area (Å²) in [5.74, 6) is -1.76. The summed E-state index contributed by atoms with van der Waals surface area (Å²) in [6.45, 7) is 5.25. The first-order valence-corrected chi connectivity index (χ1v) is 6.98. The third-order valence-corrected chi connectivity index (χ3v) is 2.85. The highest BCUT2D eigenvalue weighted by Gasteiger charge is 2.24. The molecule has 2 N–H and O–H groups in total. The molecule has 0 heterocycles. The van der Waals surface area contributed by atoms with Gasteiger partial charge >= 0.3 is 5.97 Å². The Labute approximate surface area is 133 Å². The van der Waals surface area contributed by atoms with Crippen LogP contribution in [-0.2, 0) is 9.53 Å². The van der Waals surface area contributed by atoms with E-state index in [-0.39, 0.29) is 12.2 Å². The number of carbonyl (C=O) groups excluding carboxylic acids is 1. The number of hydrogen-bond donors (Lipinski definition) is 2. The molecule has 1 unspecified atom stereocenters. The average Bonchev–Trinajstić information content (AvgIpc) is 2.31. The molecule has 0 saturated heterocycles. The topological polar surface area (TPSA) is 75.6 Å². The Kier molecular flexibility index (Phi) is 6.01. The predicted octanol–water partition coefficient (Wildman–Crippen LogP) is 2.99. The fourth-order valence-electron chi connectivity index (χ4n) is 1.43. The van der Waals surface area contributed by atoms with Crippen molar-refractivity contribution in [3.05, 3.63) is 33.8 Å². The van der Waals surface area contributed by atoms with Crippen LogP contribution in [0.2, 0.25) is 10.0 Å². The summed E-state index contributed by atoms with van der Waals surface area (Å²) in [5.41, 5.74) is -0.313. The van der Waals surface area contributed by atoms with Gasteiger partial charge in [0.2, 0.25) is 0 Å². The van der Waals surface area contributed by atoms with Crippen molar-refractivity contribution in [2.75, 3.05) is 6.61 Å². The van der Waals surface area contributed by atoms with E-state index in [1.54, 1.807) is 20.8 Å². The molecular formula is C14H17Cl2NO4. The molecular weight excluding hydrogens is 317 g/mol. The molecule has 0 bridgehead atoms. The van der Waals surface area contributed by atoms with E-state index in [4.69, 9.17) is 33.0 Å². The van der Waals surface area contributed by atoms with Crippen molar-refractivity contribution in [1.82, 2.24) is 5.32 Å². The van der Waals surface area contributed by atoms with Crippen LogP contribution in [0.1, 0.15) is 31.1 Å². The van der Waals surface area contributed by atoms with Crippen molar-refractivity contribution < 1.29 is 19.4 Å². The molecule has 0 aliphatic heterocycles. The monoisotopic (exact) mass is 333 g/mol. The number of hydrogen-bond acceptors (Lipinski definition) is 3. The molecule has 0 aromatic heterocycles. The van der Waals surface area contributed by atoms with Crippen LogP contribution >= 0.6 is 23.2 Å². The number of carboxylic acids is 1. The molecule has 0 radical (unpaired) electrons. The summed E-state index contributed by atoms with van der Waals surface area (Å²) in [6, 6.07) is 3.14. The van der Waals surface area contributed by atoms with E-state index in [2.05, 4.69) is 5.32 Å². The van der Waals surface area contributed by atoms with Crippen molar-refractivity contribution in [3.63, 3.8) is 0 Å². The van der Waals surface area contributed by atoms with E-state index in [0.717, 1.165) is 0 Å². The SMILES string of the molecule is CC(C)(C)OCC(NC(=O)c1cc(Cl)cc(Cl)c1)C(=O)O. The molecule has 0 saturated carbocycles. The summed E-state index contributed by atoms with van der Waals surface area (Å²) in [5, 5.41) is 12.1. The van der Waals surface area contributed by atoms with Gasteiger partial charge in [-0.3, -0.25) is 4.79 Å². The van der Waals surface area contributed by atoms with Gasteiger partial charge in [0, 0.05) is 15.6 Å². The lowest BCUT2D eigenvalue weighted by molar-refractivity contribution is -0.142. The lowest BCUT2D eigenvalue weighted by Gasteiger charge is -2.23. The van der Waals surface area contributed by atoms with Crippen molar-refractivity contribution in [1.29, 1.82) is 0 Å². The maximum atomic E-state index is 12.0. The first kappa shape index (κ1) is 17.8. The first-order chi connectivity index (χ1) is 9.58. The van der Waals surface area contributed by atoms with E-state index >= 15 is 0 Å². The van der Waals surface area contributed by atoms with Crippen LogP contribution in [0.5, 0.6) is 0 Å². The Morgan fingerprint density at radius 2 is 1.76 bits per heavy atom. The first-order valence-electron chi connectivity index (χ1n) is 6.22. The molecule has 5 nitrogen and oxygen atoms in total. The van der Waals surface area contributed by atoms with Gasteiger partial charge in [-0.2, -0.15) is 0 Å². The summed E-state index contributed by atoms with van der Waals surface area (Å²) < 4.78 is 5.39. The average molecular weight is 334 g/mol. The van der Waals surface area contributed by atoms with Gasteiger partial charge in [-0.1, -0.05) is 23.2 Å². The Morgan fingerprint density at radius 1 is 1.24 bits per heavy atom. The van der Waals surface area contributed by atoms with Gasteiger partial charge in [-0.15, -0.1) is 0 Å². The van der Waals surface area contributed by atoms with Crippen molar-refractivity contribution in [2.24, 2.45) is 0 Å².